The highest BCUT2D eigenvalue weighted by Crippen LogP contribution is 2.25. The molecule has 0 aliphatic carbocycles. The lowest BCUT2D eigenvalue weighted by Crippen LogP contribution is -2.31. The summed E-state index contributed by atoms with van der Waals surface area (Å²) in [4.78, 5) is 16.1. The zero-order valence-corrected chi connectivity index (χ0v) is 15.4. The summed E-state index contributed by atoms with van der Waals surface area (Å²) in [6.45, 7) is 1.86. The molecule has 2 heterocycles. The lowest BCUT2D eigenvalue weighted by Gasteiger charge is -2.22. The number of carbonyl (C=O) groups excluding carboxylic acids is 1. The molecule has 0 aliphatic rings. The summed E-state index contributed by atoms with van der Waals surface area (Å²) >= 11 is 0. The van der Waals surface area contributed by atoms with Gasteiger partial charge in [-0.25, -0.2) is 22.5 Å². The first-order chi connectivity index (χ1) is 13.0. The van der Waals surface area contributed by atoms with Gasteiger partial charge in [0.05, 0.1) is 29.9 Å². The molecule has 0 unspecified atom stereocenters. The Morgan fingerprint density at radius 2 is 2.00 bits per heavy atom. The molecular weight excluding hydrogens is 368 g/mol. The quantitative estimate of drug-likeness (QED) is 0.579. The van der Waals surface area contributed by atoms with E-state index in [2.05, 4.69) is 4.98 Å². The molecule has 0 saturated heterocycles. The molecule has 3 aromatic rings. The first-order valence-corrected chi connectivity index (χ1v) is 9.69. The third-order valence-corrected chi connectivity index (χ3v) is 5.46. The molecule has 0 saturated carbocycles. The number of esters is 1. The van der Waals surface area contributed by atoms with E-state index in [1.165, 1.54) is 36.7 Å². The molecule has 8 heteroatoms. The molecule has 0 aliphatic heterocycles. The van der Waals surface area contributed by atoms with Crippen LogP contribution in [-0.2, 0) is 21.3 Å². The molecule has 0 amide bonds. The van der Waals surface area contributed by atoms with Crippen molar-refractivity contribution in [3.63, 3.8) is 0 Å². The number of benzene rings is 1. The van der Waals surface area contributed by atoms with E-state index in [9.17, 15) is 13.2 Å². The highest BCUT2D eigenvalue weighted by atomic mass is 32.2. The predicted molar refractivity (Wildman–Crippen MR) is 98.7 cm³/mol. The summed E-state index contributed by atoms with van der Waals surface area (Å²) in [5.41, 5.74) is 0.164. The summed E-state index contributed by atoms with van der Waals surface area (Å²) in [6, 6.07) is 14.1. The van der Waals surface area contributed by atoms with Crippen molar-refractivity contribution < 1.29 is 22.4 Å². The SMILES string of the molecule is CCOC(=O)c1cccc(S(=O)(=O)N(Cc2ccco2)c2ccccn2)c1. The lowest BCUT2D eigenvalue weighted by molar-refractivity contribution is 0.0526. The maximum Gasteiger partial charge on any atom is 0.338 e. The number of ether oxygens (including phenoxy) is 1. The van der Waals surface area contributed by atoms with Gasteiger partial charge in [-0.05, 0) is 49.4 Å². The van der Waals surface area contributed by atoms with Crippen molar-refractivity contribution in [1.29, 1.82) is 0 Å². The fourth-order valence-electron chi connectivity index (χ4n) is 2.46. The van der Waals surface area contributed by atoms with Gasteiger partial charge in [-0.2, -0.15) is 0 Å². The first-order valence-electron chi connectivity index (χ1n) is 8.25. The van der Waals surface area contributed by atoms with Gasteiger partial charge in [0.15, 0.2) is 0 Å². The van der Waals surface area contributed by atoms with Crippen molar-refractivity contribution in [1.82, 2.24) is 4.98 Å². The zero-order valence-electron chi connectivity index (χ0n) is 14.6. The standard InChI is InChI=1S/C19H18N2O5S/c1-2-25-19(22)15-7-5-9-17(13-15)27(23,24)21(14-16-8-6-12-26-16)18-10-3-4-11-20-18/h3-13H,2,14H2,1H3. The molecule has 7 nitrogen and oxygen atoms in total. The van der Waals surface area contributed by atoms with Gasteiger partial charge in [0, 0.05) is 6.20 Å². The summed E-state index contributed by atoms with van der Waals surface area (Å²) in [7, 11) is -4.00. The molecule has 0 bridgehead atoms. The van der Waals surface area contributed by atoms with E-state index in [0.717, 1.165) is 4.31 Å². The van der Waals surface area contributed by atoms with E-state index < -0.39 is 16.0 Å². The number of anilines is 1. The highest BCUT2D eigenvalue weighted by molar-refractivity contribution is 7.92. The van der Waals surface area contributed by atoms with Gasteiger partial charge in [0.1, 0.15) is 11.6 Å². The van der Waals surface area contributed by atoms with Crippen molar-refractivity contribution in [3.05, 3.63) is 78.4 Å². The largest absolute Gasteiger partial charge is 0.467 e. The van der Waals surface area contributed by atoms with Crippen molar-refractivity contribution in [2.75, 3.05) is 10.9 Å². The first kappa shape index (κ1) is 18.7. The zero-order chi connectivity index (χ0) is 19.3. The molecule has 0 radical (unpaired) electrons. The van der Waals surface area contributed by atoms with Crippen LogP contribution in [0.1, 0.15) is 23.0 Å². The van der Waals surface area contributed by atoms with Gasteiger partial charge >= 0.3 is 5.97 Å². The van der Waals surface area contributed by atoms with Crippen LogP contribution < -0.4 is 4.31 Å². The van der Waals surface area contributed by atoms with E-state index in [-0.39, 0.29) is 29.4 Å². The Morgan fingerprint density at radius 3 is 2.67 bits per heavy atom. The highest BCUT2D eigenvalue weighted by Gasteiger charge is 2.27. The van der Waals surface area contributed by atoms with E-state index in [4.69, 9.17) is 9.15 Å². The van der Waals surface area contributed by atoms with Crippen LogP contribution in [-0.4, -0.2) is 26.0 Å². The van der Waals surface area contributed by atoms with E-state index in [1.807, 2.05) is 0 Å². The third-order valence-electron chi connectivity index (χ3n) is 3.72. The maximum atomic E-state index is 13.3. The molecule has 140 valence electrons. The van der Waals surface area contributed by atoms with Gasteiger partial charge in [0.2, 0.25) is 0 Å². The van der Waals surface area contributed by atoms with Crippen LogP contribution in [0.2, 0.25) is 0 Å². The lowest BCUT2D eigenvalue weighted by atomic mass is 10.2. The minimum absolute atomic E-state index is 0.0318. The second-order valence-corrected chi connectivity index (χ2v) is 7.39. The Bertz CT molecular complexity index is 1000. The van der Waals surface area contributed by atoms with Crippen LogP contribution in [0.25, 0.3) is 0 Å². The molecule has 1 aromatic carbocycles. The minimum atomic E-state index is -4.00. The Kier molecular flexibility index (Phi) is 5.56. The second-order valence-electron chi connectivity index (χ2n) is 5.53. The molecule has 0 fully saturated rings. The van der Waals surface area contributed by atoms with Crippen molar-refractivity contribution in [2.45, 2.75) is 18.4 Å². The number of aromatic nitrogens is 1. The second kappa shape index (κ2) is 8.05. The molecule has 0 N–H and O–H groups in total. The summed E-state index contributed by atoms with van der Waals surface area (Å²) in [5.74, 6) is 0.131. The fourth-order valence-corrected chi connectivity index (χ4v) is 3.89. The van der Waals surface area contributed by atoms with E-state index in [0.29, 0.717) is 5.76 Å². The topological polar surface area (TPSA) is 89.7 Å². The van der Waals surface area contributed by atoms with E-state index in [1.54, 1.807) is 37.3 Å². The Hall–Kier alpha value is -3.13. The number of rotatable bonds is 7. The van der Waals surface area contributed by atoms with Gasteiger partial charge in [-0.3, -0.25) is 0 Å². The molecule has 0 atom stereocenters. The Balaban J connectivity index is 2.03. The van der Waals surface area contributed by atoms with Crippen molar-refractivity contribution in [3.8, 4) is 0 Å². The summed E-state index contributed by atoms with van der Waals surface area (Å²) < 4.78 is 38.0. The average Bonchev–Trinajstić information content (AvgIpc) is 3.20. The van der Waals surface area contributed by atoms with Gasteiger partial charge in [-0.1, -0.05) is 12.1 Å². The Morgan fingerprint density at radius 1 is 1.15 bits per heavy atom. The number of sulfonamides is 1. The molecule has 2 aromatic heterocycles. The number of hydrogen-bond acceptors (Lipinski definition) is 6. The average molecular weight is 386 g/mol. The summed E-state index contributed by atoms with van der Waals surface area (Å²) in [5, 5.41) is 0. The molecule has 27 heavy (non-hydrogen) atoms. The summed E-state index contributed by atoms with van der Waals surface area (Å²) in [6.07, 6.45) is 2.98. The number of carbonyl (C=O) groups is 1. The van der Waals surface area contributed by atoms with Crippen LogP contribution >= 0.6 is 0 Å². The molecular formula is C19H18N2O5S. The fraction of sp³-hybridized carbons (Fsp3) is 0.158. The molecule has 3 rings (SSSR count). The number of hydrogen-bond donors (Lipinski definition) is 0. The maximum absolute atomic E-state index is 13.3. The minimum Gasteiger partial charge on any atom is -0.467 e. The third kappa shape index (κ3) is 4.17. The van der Waals surface area contributed by atoms with E-state index >= 15 is 0 Å². The van der Waals surface area contributed by atoms with Crippen LogP contribution in [0, 0.1) is 0 Å². The van der Waals surface area contributed by atoms with Crippen molar-refractivity contribution in [2.24, 2.45) is 0 Å². The van der Waals surface area contributed by atoms with Crippen LogP contribution in [0.4, 0.5) is 5.82 Å². The van der Waals surface area contributed by atoms with Gasteiger partial charge in [0.25, 0.3) is 10.0 Å². The normalized spacial score (nSPS) is 11.1. The van der Waals surface area contributed by atoms with Crippen LogP contribution in [0.15, 0.2) is 76.4 Å². The van der Waals surface area contributed by atoms with Crippen LogP contribution in [0.5, 0.6) is 0 Å². The number of pyridine rings is 1. The Labute approximate surface area is 157 Å². The molecule has 0 spiro atoms. The van der Waals surface area contributed by atoms with Crippen molar-refractivity contribution >= 4 is 21.8 Å². The monoisotopic (exact) mass is 386 g/mol. The number of furan rings is 1. The van der Waals surface area contributed by atoms with Crippen LogP contribution in [0.3, 0.4) is 0 Å². The number of nitrogens with zero attached hydrogens (tertiary/aromatic N) is 2. The van der Waals surface area contributed by atoms with Gasteiger partial charge in [-0.15, -0.1) is 0 Å². The smallest absolute Gasteiger partial charge is 0.338 e. The van der Waals surface area contributed by atoms with Gasteiger partial charge < -0.3 is 9.15 Å². The predicted octanol–water partition coefficient (Wildman–Crippen LogP) is 3.25.